The number of ether oxygens (including phenoxy) is 3. The maximum Gasteiger partial charge on any atom is 0.408 e. The normalized spacial score (nSPS) is 12.3. The molecule has 4 rings (SSSR count). The Morgan fingerprint density at radius 2 is 1.77 bits per heavy atom. The lowest BCUT2D eigenvalue weighted by molar-refractivity contribution is -0.148. The highest BCUT2D eigenvalue weighted by Crippen LogP contribution is 2.25. The zero-order chi connectivity index (χ0) is 31.1. The van der Waals surface area contributed by atoms with Crippen molar-refractivity contribution in [3.63, 3.8) is 0 Å². The lowest BCUT2D eigenvalue weighted by atomic mass is 10.1. The zero-order valence-electron chi connectivity index (χ0n) is 25.2. The molecule has 230 valence electrons. The van der Waals surface area contributed by atoms with E-state index in [4.69, 9.17) is 18.6 Å². The van der Waals surface area contributed by atoms with Gasteiger partial charge in [-0.3, -0.25) is 10.1 Å². The quantitative estimate of drug-likeness (QED) is 0.159. The molecular weight excluding hydrogens is 556 g/mol. The number of para-hydroxylation sites is 2. The predicted octanol–water partition coefficient (Wildman–Crippen LogP) is 4.30. The van der Waals surface area contributed by atoms with Gasteiger partial charge in [-0.25, -0.2) is 14.6 Å². The lowest BCUT2D eigenvalue weighted by Crippen LogP contribution is -2.47. The first-order valence-electron chi connectivity index (χ1n) is 14.0. The number of aryl methyl sites for hydroxylation is 1. The van der Waals surface area contributed by atoms with Crippen molar-refractivity contribution in [1.29, 1.82) is 0 Å². The van der Waals surface area contributed by atoms with Crippen molar-refractivity contribution in [3.05, 3.63) is 48.0 Å². The van der Waals surface area contributed by atoms with Crippen LogP contribution in [0.4, 0.5) is 16.8 Å². The summed E-state index contributed by atoms with van der Waals surface area (Å²) in [7, 11) is 1.86. The molecule has 2 aromatic heterocycles. The topological polar surface area (TPSA) is 159 Å². The maximum absolute atomic E-state index is 12.7. The molecule has 0 saturated heterocycles. The summed E-state index contributed by atoms with van der Waals surface area (Å²) in [5, 5.41) is 8.45. The van der Waals surface area contributed by atoms with Crippen molar-refractivity contribution in [3.8, 4) is 0 Å². The predicted molar refractivity (Wildman–Crippen MR) is 160 cm³/mol. The van der Waals surface area contributed by atoms with Crippen LogP contribution in [-0.2, 0) is 26.1 Å². The molecule has 43 heavy (non-hydrogen) atoms. The van der Waals surface area contributed by atoms with Crippen molar-refractivity contribution in [1.82, 2.24) is 25.2 Å². The van der Waals surface area contributed by atoms with Gasteiger partial charge in [-0.1, -0.05) is 26.0 Å². The molecule has 0 aliphatic heterocycles. The van der Waals surface area contributed by atoms with Gasteiger partial charge in [0.25, 0.3) is 5.91 Å². The number of anilines is 2. The number of hydrogen-bond donors (Lipinski definition) is 3. The molecule has 0 aliphatic carbocycles. The minimum atomic E-state index is -0.848. The number of rotatable bonds is 12. The molecule has 2 heterocycles. The Labute approximate surface area is 249 Å². The minimum absolute atomic E-state index is 0.00224. The Morgan fingerprint density at radius 3 is 2.49 bits per heavy atom. The molecule has 0 bridgehead atoms. The summed E-state index contributed by atoms with van der Waals surface area (Å²) in [6, 6.07) is 12.2. The summed E-state index contributed by atoms with van der Waals surface area (Å²) in [4.78, 5) is 46.2. The van der Waals surface area contributed by atoms with Crippen molar-refractivity contribution in [2.45, 2.75) is 46.3 Å². The average Bonchev–Trinajstić information content (AvgIpc) is 3.49. The van der Waals surface area contributed by atoms with Crippen LogP contribution in [0, 0.1) is 5.92 Å². The summed E-state index contributed by atoms with van der Waals surface area (Å²) in [6.07, 6.45) is -0.686. The van der Waals surface area contributed by atoms with E-state index in [1.165, 1.54) is 0 Å². The van der Waals surface area contributed by atoms with Gasteiger partial charge in [0.1, 0.15) is 23.8 Å². The number of nitrogens with zero attached hydrogens (tertiary/aromatic N) is 3. The highest BCUT2D eigenvalue weighted by Gasteiger charge is 2.28. The van der Waals surface area contributed by atoms with Crippen LogP contribution in [0.1, 0.15) is 45.0 Å². The van der Waals surface area contributed by atoms with Crippen LogP contribution in [0.15, 0.2) is 46.9 Å². The number of esters is 1. The summed E-state index contributed by atoms with van der Waals surface area (Å²) < 4.78 is 23.5. The second-order valence-electron chi connectivity index (χ2n) is 11.2. The smallest absolute Gasteiger partial charge is 0.408 e. The van der Waals surface area contributed by atoms with E-state index >= 15 is 0 Å². The van der Waals surface area contributed by atoms with E-state index in [1.54, 1.807) is 46.8 Å². The zero-order valence-corrected chi connectivity index (χ0v) is 25.2. The first-order chi connectivity index (χ1) is 20.4. The van der Waals surface area contributed by atoms with Gasteiger partial charge in [0.15, 0.2) is 5.58 Å². The Kier molecular flexibility index (Phi) is 9.86. The Morgan fingerprint density at radius 1 is 1.00 bits per heavy atom. The number of fused-ring (bicyclic) bond motifs is 2. The lowest BCUT2D eigenvalue weighted by Gasteiger charge is -2.24. The van der Waals surface area contributed by atoms with Crippen molar-refractivity contribution < 1.29 is 33.0 Å². The molecule has 0 aliphatic rings. The number of alkyl carbamates (subject to hydrolysis) is 1. The second kappa shape index (κ2) is 13.6. The molecular formula is C30H38N6O7. The summed E-state index contributed by atoms with van der Waals surface area (Å²) in [5.41, 5.74) is 2.63. The van der Waals surface area contributed by atoms with Crippen LogP contribution in [0.25, 0.3) is 22.1 Å². The Balaban J connectivity index is 1.20. The van der Waals surface area contributed by atoms with Crippen LogP contribution in [-0.4, -0.2) is 70.5 Å². The van der Waals surface area contributed by atoms with E-state index in [2.05, 4.69) is 25.9 Å². The third kappa shape index (κ3) is 8.44. The van der Waals surface area contributed by atoms with E-state index in [0.29, 0.717) is 28.6 Å². The van der Waals surface area contributed by atoms with Crippen molar-refractivity contribution in [2.75, 3.05) is 31.7 Å². The first-order valence-corrected chi connectivity index (χ1v) is 14.0. The van der Waals surface area contributed by atoms with E-state index in [-0.39, 0.29) is 38.2 Å². The third-order valence-corrected chi connectivity index (χ3v) is 6.25. The highest BCUT2D eigenvalue weighted by atomic mass is 16.6. The monoisotopic (exact) mass is 594 g/mol. The Hall–Kier alpha value is -4.65. The van der Waals surface area contributed by atoms with Crippen LogP contribution < -0.4 is 16.0 Å². The molecule has 0 spiro atoms. The third-order valence-electron chi connectivity index (χ3n) is 6.25. The minimum Gasteiger partial charge on any atom is -0.462 e. The number of nitrogens with one attached hydrogen (secondary N) is 3. The molecule has 4 aromatic rings. The largest absolute Gasteiger partial charge is 0.462 e. The number of amides is 2. The number of benzene rings is 2. The number of hydrogen-bond acceptors (Lipinski definition) is 10. The van der Waals surface area contributed by atoms with Gasteiger partial charge in [-0.05, 0) is 57.0 Å². The van der Waals surface area contributed by atoms with Crippen LogP contribution in [0.2, 0.25) is 0 Å². The summed E-state index contributed by atoms with van der Waals surface area (Å²) in [5.74, 6) is -0.523. The fraction of sp³-hybridized carbons (Fsp3) is 0.433. The van der Waals surface area contributed by atoms with Gasteiger partial charge in [0.05, 0.1) is 24.2 Å². The molecule has 2 aromatic carbocycles. The van der Waals surface area contributed by atoms with Gasteiger partial charge >= 0.3 is 18.1 Å². The molecule has 0 saturated carbocycles. The molecule has 0 fully saturated rings. The number of carbonyl (C=O) groups excluding carboxylic acids is 3. The van der Waals surface area contributed by atoms with Gasteiger partial charge in [-0.2, -0.15) is 4.98 Å². The number of oxazole rings is 1. The van der Waals surface area contributed by atoms with E-state index in [9.17, 15) is 14.4 Å². The molecule has 1 atom stereocenters. The van der Waals surface area contributed by atoms with Gasteiger partial charge in [-0.15, -0.1) is 0 Å². The second-order valence-corrected chi connectivity index (χ2v) is 11.2. The van der Waals surface area contributed by atoms with E-state index in [1.807, 2.05) is 41.9 Å². The van der Waals surface area contributed by atoms with E-state index < -0.39 is 23.7 Å². The molecule has 13 nitrogen and oxygen atoms in total. The molecule has 2 amide bonds. The molecule has 1 unspecified atom stereocenters. The fourth-order valence-electron chi connectivity index (χ4n) is 4.14. The standard InChI is InChI=1S/C30H38N6O7/c1-18(2)24(34-29(39)43-30(3,4)5)26(38)41-16-15-40-14-13-31-25(37)19-11-12-22-21(17-19)32-27(36(22)6)35-28-33-20-9-7-8-10-23(20)42-28/h7-12,17-18,24H,13-16H2,1-6H3,(H,31,37)(H,34,39)(H,32,33,35). The van der Waals surface area contributed by atoms with Gasteiger partial charge in [0.2, 0.25) is 5.95 Å². The van der Waals surface area contributed by atoms with Gasteiger partial charge < -0.3 is 33.8 Å². The summed E-state index contributed by atoms with van der Waals surface area (Å²) in [6.45, 7) is 9.43. The van der Waals surface area contributed by atoms with Gasteiger partial charge in [0, 0.05) is 19.2 Å². The molecule has 3 N–H and O–H groups in total. The van der Waals surface area contributed by atoms with E-state index in [0.717, 1.165) is 11.0 Å². The number of aromatic nitrogens is 3. The molecule has 13 heteroatoms. The van der Waals surface area contributed by atoms with Crippen LogP contribution in [0.5, 0.6) is 0 Å². The van der Waals surface area contributed by atoms with Crippen molar-refractivity contribution in [2.24, 2.45) is 13.0 Å². The van der Waals surface area contributed by atoms with Crippen LogP contribution in [0.3, 0.4) is 0 Å². The summed E-state index contributed by atoms with van der Waals surface area (Å²) >= 11 is 0. The van der Waals surface area contributed by atoms with Crippen LogP contribution >= 0.6 is 0 Å². The fourth-order valence-corrected chi connectivity index (χ4v) is 4.14. The first kappa shape index (κ1) is 31.3. The number of carbonyl (C=O) groups is 3. The SMILES string of the molecule is CC(C)C(NC(=O)OC(C)(C)C)C(=O)OCCOCCNC(=O)c1ccc2c(c1)nc(Nc1nc3ccccc3o1)n2C. The highest BCUT2D eigenvalue weighted by molar-refractivity contribution is 5.97. The van der Waals surface area contributed by atoms with Crippen molar-refractivity contribution >= 4 is 52.1 Å². The average molecular weight is 595 g/mol. The Bertz CT molecular complexity index is 1550. The molecule has 0 radical (unpaired) electrons. The number of imidazole rings is 1. The maximum atomic E-state index is 12.7.